The number of hydrogen-bond acceptors (Lipinski definition) is 4. The van der Waals surface area contributed by atoms with Crippen LogP contribution in [0.3, 0.4) is 0 Å². The summed E-state index contributed by atoms with van der Waals surface area (Å²) in [6.07, 6.45) is -0.255. The molecule has 0 aliphatic carbocycles. The molecule has 0 spiro atoms. The molecule has 2 aromatic rings. The number of esters is 1. The van der Waals surface area contributed by atoms with E-state index in [0.717, 1.165) is 5.56 Å². The fourth-order valence-corrected chi connectivity index (χ4v) is 4.78. The van der Waals surface area contributed by atoms with Crippen molar-refractivity contribution in [2.75, 3.05) is 5.75 Å². The topological polar surface area (TPSA) is 46.6 Å². The van der Waals surface area contributed by atoms with E-state index >= 15 is 0 Å². The van der Waals surface area contributed by atoms with Crippen LogP contribution in [0.1, 0.15) is 35.1 Å². The van der Waals surface area contributed by atoms with Gasteiger partial charge in [0, 0.05) is 26.9 Å². The Morgan fingerprint density at radius 1 is 1.11 bits per heavy atom. The van der Waals surface area contributed by atoms with Crippen LogP contribution in [0.15, 0.2) is 48.5 Å². The van der Waals surface area contributed by atoms with Crippen molar-refractivity contribution in [1.29, 1.82) is 0 Å². The zero-order valence-corrected chi connectivity index (χ0v) is 17.2. The summed E-state index contributed by atoms with van der Waals surface area (Å²) in [5.74, 6) is -0.220. The van der Waals surface area contributed by atoms with Gasteiger partial charge in [0.05, 0.1) is 6.10 Å². The maximum absolute atomic E-state index is 13.3. The van der Waals surface area contributed by atoms with Gasteiger partial charge >= 0.3 is 5.97 Å². The predicted molar refractivity (Wildman–Crippen MR) is 109 cm³/mol. The van der Waals surface area contributed by atoms with Gasteiger partial charge in [-0.3, -0.25) is 4.79 Å². The third kappa shape index (κ3) is 4.42. The van der Waals surface area contributed by atoms with E-state index < -0.39 is 12.0 Å². The third-order valence-electron chi connectivity index (χ3n) is 4.12. The first kappa shape index (κ1) is 20.1. The van der Waals surface area contributed by atoms with E-state index in [9.17, 15) is 9.59 Å². The Morgan fingerprint density at radius 3 is 2.41 bits per heavy atom. The molecular formula is C20H19Cl2NO3S. The number of hydrogen-bond donors (Lipinski definition) is 0. The molecule has 0 saturated carbocycles. The maximum Gasteiger partial charge on any atom is 0.330 e. The maximum atomic E-state index is 13.3. The van der Waals surface area contributed by atoms with Crippen molar-refractivity contribution in [2.24, 2.45) is 0 Å². The number of rotatable bonds is 4. The van der Waals surface area contributed by atoms with Crippen LogP contribution in [0.2, 0.25) is 10.0 Å². The first-order chi connectivity index (χ1) is 12.9. The van der Waals surface area contributed by atoms with Crippen molar-refractivity contribution in [3.05, 3.63) is 69.7 Å². The van der Waals surface area contributed by atoms with Crippen molar-refractivity contribution in [3.63, 3.8) is 0 Å². The van der Waals surface area contributed by atoms with E-state index in [1.165, 1.54) is 11.8 Å². The molecule has 4 nitrogen and oxygen atoms in total. The lowest BCUT2D eigenvalue weighted by molar-refractivity contribution is -0.151. The molecule has 1 heterocycles. The van der Waals surface area contributed by atoms with E-state index in [2.05, 4.69) is 0 Å². The Morgan fingerprint density at radius 2 is 1.78 bits per heavy atom. The molecule has 1 saturated heterocycles. The first-order valence-corrected chi connectivity index (χ1v) is 10.3. The fraction of sp³-hybridized carbons (Fsp3) is 0.300. The van der Waals surface area contributed by atoms with Crippen molar-refractivity contribution in [2.45, 2.75) is 31.4 Å². The van der Waals surface area contributed by atoms with Crippen molar-refractivity contribution in [1.82, 2.24) is 4.90 Å². The van der Waals surface area contributed by atoms with Crippen molar-refractivity contribution >= 4 is 46.8 Å². The van der Waals surface area contributed by atoms with Gasteiger partial charge < -0.3 is 9.64 Å². The molecule has 7 heteroatoms. The lowest BCUT2D eigenvalue weighted by atomic mass is 10.1. The molecule has 0 bridgehead atoms. The van der Waals surface area contributed by atoms with E-state index in [1.54, 1.807) is 49.1 Å². The molecule has 0 radical (unpaired) electrons. The number of carbonyl (C=O) groups is 2. The highest BCUT2D eigenvalue weighted by atomic mass is 35.5. The van der Waals surface area contributed by atoms with Crippen LogP contribution in [0.25, 0.3) is 0 Å². The summed E-state index contributed by atoms with van der Waals surface area (Å²) >= 11 is 13.8. The fourth-order valence-electron chi connectivity index (χ4n) is 2.90. The van der Waals surface area contributed by atoms with Gasteiger partial charge in [0.2, 0.25) is 0 Å². The van der Waals surface area contributed by atoms with Gasteiger partial charge in [-0.25, -0.2) is 4.79 Å². The highest BCUT2D eigenvalue weighted by Gasteiger charge is 2.44. The molecule has 2 aromatic carbocycles. The number of ether oxygens (including phenoxy) is 1. The molecule has 27 heavy (non-hydrogen) atoms. The summed E-state index contributed by atoms with van der Waals surface area (Å²) < 4.78 is 5.38. The summed E-state index contributed by atoms with van der Waals surface area (Å²) in [6, 6.07) is 13.3. The minimum atomic E-state index is -0.679. The molecule has 2 unspecified atom stereocenters. The number of thioether (sulfide) groups is 1. The molecule has 1 amide bonds. The van der Waals surface area contributed by atoms with Gasteiger partial charge in [0.1, 0.15) is 11.4 Å². The van der Waals surface area contributed by atoms with Gasteiger partial charge in [0.15, 0.2) is 0 Å². The SMILES string of the molecule is CC(C)OC(=O)C1CSC(c2ccccc2Cl)N1C(=O)c1ccc(Cl)cc1. The lowest BCUT2D eigenvalue weighted by Gasteiger charge is -2.29. The molecule has 142 valence electrons. The van der Waals surface area contributed by atoms with Crippen LogP contribution in [0.4, 0.5) is 0 Å². The van der Waals surface area contributed by atoms with Gasteiger partial charge in [0.25, 0.3) is 5.91 Å². The zero-order chi connectivity index (χ0) is 19.6. The monoisotopic (exact) mass is 423 g/mol. The number of nitrogens with zero attached hydrogens (tertiary/aromatic N) is 1. The van der Waals surface area contributed by atoms with Crippen LogP contribution in [0.5, 0.6) is 0 Å². The van der Waals surface area contributed by atoms with Gasteiger partial charge in [-0.15, -0.1) is 11.8 Å². The quantitative estimate of drug-likeness (QED) is 0.633. The molecule has 0 aromatic heterocycles. The number of amides is 1. The minimum absolute atomic E-state index is 0.255. The van der Waals surface area contributed by atoms with Crippen LogP contribution < -0.4 is 0 Å². The molecule has 2 atom stereocenters. The summed E-state index contributed by atoms with van der Waals surface area (Å²) in [6.45, 7) is 3.58. The van der Waals surface area contributed by atoms with E-state index in [1.807, 2.05) is 18.2 Å². The smallest absolute Gasteiger partial charge is 0.330 e. The summed E-state index contributed by atoms with van der Waals surface area (Å²) in [5, 5.41) is 0.731. The zero-order valence-electron chi connectivity index (χ0n) is 14.9. The van der Waals surface area contributed by atoms with E-state index in [-0.39, 0.29) is 17.4 Å². The third-order valence-corrected chi connectivity index (χ3v) is 6.02. The second-order valence-electron chi connectivity index (χ2n) is 6.43. The Balaban J connectivity index is 1.99. The summed E-state index contributed by atoms with van der Waals surface area (Å²) in [5.41, 5.74) is 1.26. The van der Waals surface area contributed by atoms with Crippen molar-refractivity contribution < 1.29 is 14.3 Å². The molecular weight excluding hydrogens is 405 g/mol. The van der Waals surface area contributed by atoms with Crippen molar-refractivity contribution in [3.8, 4) is 0 Å². The second-order valence-corrected chi connectivity index (χ2v) is 8.38. The molecule has 0 N–H and O–H groups in total. The van der Waals surface area contributed by atoms with Crippen LogP contribution >= 0.6 is 35.0 Å². The Bertz CT molecular complexity index is 841. The van der Waals surface area contributed by atoms with Crippen LogP contribution in [-0.4, -0.2) is 34.7 Å². The first-order valence-electron chi connectivity index (χ1n) is 8.53. The Labute approximate surface area is 172 Å². The van der Waals surface area contributed by atoms with E-state index in [0.29, 0.717) is 21.4 Å². The molecule has 3 rings (SSSR count). The highest BCUT2D eigenvalue weighted by Crippen LogP contribution is 2.44. The molecule has 1 aliphatic heterocycles. The van der Waals surface area contributed by atoms with Gasteiger partial charge in [-0.2, -0.15) is 0 Å². The molecule has 1 aliphatic rings. The average Bonchev–Trinajstić information content (AvgIpc) is 3.06. The Kier molecular flexibility index (Phi) is 6.35. The second kappa shape index (κ2) is 8.55. The lowest BCUT2D eigenvalue weighted by Crippen LogP contribution is -2.44. The number of halogens is 2. The highest BCUT2D eigenvalue weighted by molar-refractivity contribution is 7.99. The van der Waals surface area contributed by atoms with Crippen LogP contribution in [-0.2, 0) is 9.53 Å². The number of carbonyl (C=O) groups excluding carboxylic acids is 2. The minimum Gasteiger partial charge on any atom is -0.461 e. The largest absolute Gasteiger partial charge is 0.461 e. The summed E-state index contributed by atoms with van der Waals surface area (Å²) in [4.78, 5) is 27.5. The molecule has 1 fully saturated rings. The normalized spacial score (nSPS) is 19.4. The number of benzene rings is 2. The van der Waals surface area contributed by atoms with Gasteiger partial charge in [-0.05, 0) is 44.2 Å². The average molecular weight is 424 g/mol. The van der Waals surface area contributed by atoms with Crippen LogP contribution in [0, 0.1) is 0 Å². The van der Waals surface area contributed by atoms with E-state index in [4.69, 9.17) is 27.9 Å². The standard InChI is InChI=1S/C20H19Cl2NO3S/c1-12(2)26-20(25)17-11-27-19(15-5-3-4-6-16(15)22)23(17)18(24)13-7-9-14(21)10-8-13/h3-10,12,17,19H,11H2,1-2H3. The predicted octanol–water partition coefficient (Wildman–Crippen LogP) is 5.20. The summed E-state index contributed by atoms with van der Waals surface area (Å²) in [7, 11) is 0. The Hall–Kier alpha value is -1.69. The van der Waals surface area contributed by atoms with Gasteiger partial charge in [-0.1, -0.05) is 41.4 Å².